The molecular formula is C15H19N3OS. The Labute approximate surface area is 122 Å². The monoisotopic (exact) mass is 289 g/mol. The Morgan fingerprint density at radius 3 is 3.10 bits per heavy atom. The highest BCUT2D eigenvalue weighted by Crippen LogP contribution is 2.36. The number of aromatic nitrogens is 1. The second kappa shape index (κ2) is 5.50. The topological polar surface area (TPSA) is 59.2 Å². The van der Waals surface area contributed by atoms with Crippen LogP contribution in [-0.2, 0) is 4.79 Å². The van der Waals surface area contributed by atoms with Gasteiger partial charge in [0.05, 0.1) is 16.3 Å². The standard InChI is InChI=1S/C15H19N3OS/c1-10(9-16)15(19)18-8-4-6-12(18)14-17-11-5-2-3-7-13(11)20-14/h2-3,5,7,10,12H,4,6,8-9,16H2,1H3. The quantitative estimate of drug-likeness (QED) is 0.944. The Morgan fingerprint density at radius 2 is 2.35 bits per heavy atom. The Morgan fingerprint density at radius 1 is 1.55 bits per heavy atom. The summed E-state index contributed by atoms with van der Waals surface area (Å²) in [6.07, 6.45) is 2.05. The van der Waals surface area contributed by atoms with Gasteiger partial charge in [-0.05, 0) is 25.0 Å². The summed E-state index contributed by atoms with van der Waals surface area (Å²) in [5.41, 5.74) is 6.65. The Bertz CT molecular complexity index is 591. The lowest BCUT2D eigenvalue weighted by molar-refractivity contribution is -0.135. The maximum absolute atomic E-state index is 12.4. The van der Waals surface area contributed by atoms with Gasteiger partial charge in [-0.2, -0.15) is 0 Å². The van der Waals surface area contributed by atoms with E-state index in [4.69, 9.17) is 10.7 Å². The van der Waals surface area contributed by atoms with Crippen LogP contribution in [0.2, 0.25) is 0 Å². The van der Waals surface area contributed by atoms with Gasteiger partial charge in [0.25, 0.3) is 0 Å². The number of nitrogens with zero attached hydrogens (tertiary/aromatic N) is 2. The molecule has 0 spiro atoms. The van der Waals surface area contributed by atoms with E-state index in [1.807, 2.05) is 30.0 Å². The minimum Gasteiger partial charge on any atom is -0.333 e. The summed E-state index contributed by atoms with van der Waals surface area (Å²) >= 11 is 1.70. The van der Waals surface area contributed by atoms with Crippen LogP contribution in [-0.4, -0.2) is 28.9 Å². The van der Waals surface area contributed by atoms with Crippen LogP contribution < -0.4 is 5.73 Å². The van der Waals surface area contributed by atoms with Crippen LogP contribution in [0.3, 0.4) is 0 Å². The van der Waals surface area contributed by atoms with Gasteiger partial charge in [-0.1, -0.05) is 19.1 Å². The Kier molecular flexibility index (Phi) is 3.72. The molecule has 0 aliphatic carbocycles. The van der Waals surface area contributed by atoms with E-state index in [9.17, 15) is 4.79 Å². The first-order chi connectivity index (χ1) is 9.70. The summed E-state index contributed by atoms with van der Waals surface area (Å²) in [6.45, 7) is 3.13. The number of rotatable bonds is 3. The molecule has 3 rings (SSSR count). The number of carbonyl (C=O) groups excluding carboxylic acids is 1. The normalized spacial score (nSPS) is 20.5. The second-order valence-electron chi connectivity index (χ2n) is 5.35. The van der Waals surface area contributed by atoms with Gasteiger partial charge >= 0.3 is 0 Å². The molecule has 20 heavy (non-hydrogen) atoms. The zero-order valence-electron chi connectivity index (χ0n) is 11.6. The summed E-state index contributed by atoms with van der Waals surface area (Å²) in [7, 11) is 0. The Balaban J connectivity index is 1.90. The summed E-state index contributed by atoms with van der Waals surface area (Å²) in [5, 5.41) is 1.06. The molecular weight excluding hydrogens is 270 g/mol. The third-order valence-electron chi connectivity index (χ3n) is 3.91. The van der Waals surface area contributed by atoms with E-state index in [2.05, 4.69) is 6.07 Å². The van der Waals surface area contributed by atoms with Crippen LogP contribution in [0.1, 0.15) is 30.8 Å². The van der Waals surface area contributed by atoms with Crippen molar-refractivity contribution in [1.29, 1.82) is 0 Å². The van der Waals surface area contributed by atoms with E-state index in [0.717, 1.165) is 29.9 Å². The summed E-state index contributed by atoms with van der Waals surface area (Å²) in [4.78, 5) is 19.1. The number of para-hydroxylation sites is 1. The minimum absolute atomic E-state index is 0.107. The predicted octanol–water partition coefficient (Wildman–Crippen LogP) is 2.55. The molecule has 2 unspecified atom stereocenters. The van der Waals surface area contributed by atoms with E-state index in [-0.39, 0.29) is 17.9 Å². The molecule has 1 fully saturated rings. The number of hydrogen-bond acceptors (Lipinski definition) is 4. The van der Waals surface area contributed by atoms with E-state index in [0.29, 0.717) is 6.54 Å². The van der Waals surface area contributed by atoms with Gasteiger partial charge in [0.1, 0.15) is 5.01 Å². The number of benzene rings is 1. The number of amides is 1. The average Bonchev–Trinajstić information content (AvgIpc) is 3.10. The van der Waals surface area contributed by atoms with Crippen LogP contribution in [0.15, 0.2) is 24.3 Å². The third-order valence-corrected chi connectivity index (χ3v) is 5.04. The largest absolute Gasteiger partial charge is 0.333 e. The molecule has 0 saturated carbocycles. The highest BCUT2D eigenvalue weighted by atomic mass is 32.1. The fourth-order valence-electron chi connectivity index (χ4n) is 2.70. The van der Waals surface area contributed by atoms with Crippen molar-refractivity contribution >= 4 is 27.5 Å². The van der Waals surface area contributed by atoms with Gasteiger partial charge < -0.3 is 10.6 Å². The highest BCUT2D eigenvalue weighted by molar-refractivity contribution is 7.18. The van der Waals surface area contributed by atoms with Gasteiger partial charge in [0.2, 0.25) is 5.91 Å². The van der Waals surface area contributed by atoms with Crippen molar-refractivity contribution < 1.29 is 4.79 Å². The molecule has 2 heterocycles. The second-order valence-corrected chi connectivity index (χ2v) is 6.41. The first kappa shape index (κ1) is 13.5. The van der Waals surface area contributed by atoms with Gasteiger partial charge in [0, 0.05) is 19.0 Å². The predicted molar refractivity (Wildman–Crippen MR) is 81.5 cm³/mol. The molecule has 2 N–H and O–H groups in total. The van der Waals surface area contributed by atoms with E-state index in [1.165, 1.54) is 4.70 Å². The smallest absolute Gasteiger partial charge is 0.227 e. The highest BCUT2D eigenvalue weighted by Gasteiger charge is 2.33. The maximum atomic E-state index is 12.4. The molecule has 1 saturated heterocycles. The number of fused-ring (bicyclic) bond motifs is 1. The van der Waals surface area contributed by atoms with Gasteiger partial charge in [-0.15, -0.1) is 11.3 Å². The number of carbonyl (C=O) groups is 1. The van der Waals surface area contributed by atoms with Crippen molar-refractivity contribution in [2.75, 3.05) is 13.1 Å². The zero-order chi connectivity index (χ0) is 14.1. The molecule has 1 aliphatic rings. The number of likely N-dealkylation sites (tertiary alicyclic amines) is 1. The molecule has 4 nitrogen and oxygen atoms in total. The molecule has 1 amide bonds. The maximum Gasteiger partial charge on any atom is 0.227 e. The van der Waals surface area contributed by atoms with E-state index in [1.54, 1.807) is 11.3 Å². The van der Waals surface area contributed by atoms with Gasteiger partial charge in [-0.3, -0.25) is 4.79 Å². The number of nitrogens with two attached hydrogens (primary N) is 1. The molecule has 0 bridgehead atoms. The van der Waals surface area contributed by atoms with Crippen LogP contribution in [0.4, 0.5) is 0 Å². The fourth-order valence-corrected chi connectivity index (χ4v) is 3.82. The van der Waals surface area contributed by atoms with Crippen LogP contribution >= 0.6 is 11.3 Å². The summed E-state index contributed by atoms with van der Waals surface area (Å²) < 4.78 is 1.19. The summed E-state index contributed by atoms with van der Waals surface area (Å²) in [5.74, 6) is 0.0548. The van der Waals surface area contributed by atoms with Crippen molar-refractivity contribution in [2.45, 2.75) is 25.8 Å². The SMILES string of the molecule is CC(CN)C(=O)N1CCCC1c1nc2ccccc2s1. The Hall–Kier alpha value is -1.46. The van der Waals surface area contributed by atoms with Gasteiger partial charge in [0.15, 0.2) is 0 Å². The number of thiazole rings is 1. The van der Waals surface area contributed by atoms with Crippen molar-refractivity contribution in [3.05, 3.63) is 29.3 Å². The first-order valence-corrected chi connectivity index (χ1v) is 7.88. The lowest BCUT2D eigenvalue weighted by Gasteiger charge is -2.25. The lowest BCUT2D eigenvalue weighted by atomic mass is 10.1. The fraction of sp³-hybridized carbons (Fsp3) is 0.467. The zero-order valence-corrected chi connectivity index (χ0v) is 12.4. The van der Waals surface area contributed by atoms with Crippen molar-refractivity contribution in [3.8, 4) is 0 Å². The van der Waals surface area contributed by atoms with Crippen molar-refractivity contribution in [3.63, 3.8) is 0 Å². The van der Waals surface area contributed by atoms with Crippen molar-refractivity contribution in [1.82, 2.24) is 9.88 Å². The van der Waals surface area contributed by atoms with E-state index < -0.39 is 0 Å². The van der Waals surface area contributed by atoms with Crippen molar-refractivity contribution in [2.24, 2.45) is 11.7 Å². The molecule has 1 aromatic carbocycles. The minimum atomic E-state index is -0.107. The number of hydrogen-bond donors (Lipinski definition) is 1. The lowest BCUT2D eigenvalue weighted by Crippen LogP contribution is -2.37. The molecule has 1 aliphatic heterocycles. The molecule has 2 atom stereocenters. The average molecular weight is 289 g/mol. The third kappa shape index (κ3) is 2.31. The van der Waals surface area contributed by atoms with Crippen LogP contribution in [0, 0.1) is 5.92 Å². The molecule has 5 heteroatoms. The molecule has 106 valence electrons. The van der Waals surface area contributed by atoms with Crippen LogP contribution in [0.5, 0.6) is 0 Å². The molecule has 1 aromatic heterocycles. The summed E-state index contributed by atoms with van der Waals surface area (Å²) in [6, 6.07) is 8.27. The van der Waals surface area contributed by atoms with Crippen LogP contribution in [0.25, 0.3) is 10.2 Å². The van der Waals surface area contributed by atoms with E-state index >= 15 is 0 Å². The van der Waals surface area contributed by atoms with Gasteiger partial charge in [-0.25, -0.2) is 4.98 Å². The first-order valence-electron chi connectivity index (χ1n) is 7.06. The molecule has 2 aromatic rings. The molecule has 0 radical (unpaired) electrons.